The largest absolute Gasteiger partial charge is 0.454 e. The van der Waals surface area contributed by atoms with Crippen molar-refractivity contribution in [1.29, 1.82) is 0 Å². The highest BCUT2D eigenvalue weighted by Gasteiger charge is 2.47. The Morgan fingerprint density at radius 3 is 1.42 bits per heavy atom. The molecule has 0 aromatic heterocycles. The predicted molar refractivity (Wildman–Crippen MR) is 347 cm³/mol. The Kier molecular flexibility index (Phi) is 55.1. The summed E-state index contributed by atoms with van der Waals surface area (Å²) in [5.41, 5.74) is 0. The van der Waals surface area contributed by atoms with Gasteiger partial charge >= 0.3 is 5.97 Å². The number of nitrogens with one attached hydrogen (secondary N) is 1. The summed E-state index contributed by atoms with van der Waals surface area (Å²) < 4.78 is 17.6. The van der Waals surface area contributed by atoms with Crippen molar-refractivity contribution in [3.8, 4) is 0 Å². The topological polar surface area (TPSA) is 175 Å². The van der Waals surface area contributed by atoms with Gasteiger partial charge < -0.3 is 45.1 Å². The SMILES string of the molecule is CC/C=C/C=C/C=C/CCCCCCCCCC(=O)OC1C(OCC(NC(=O)C(O)CCCCCCCCCCCC/C=C\C/C=C\C/C=C\C/C=C\CCCCC)C(O)/C=C/CCCCCCCCCCCCC)OC(CO)C(O)C1O. The van der Waals surface area contributed by atoms with Crippen molar-refractivity contribution in [3.63, 3.8) is 0 Å². The highest BCUT2D eigenvalue weighted by Crippen LogP contribution is 2.26. The number of amides is 1. The van der Waals surface area contributed by atoms with Crippen LogP contribution in [-0.4, -0.2) is 99.6 Å². The maximum Gasteiger partial charge on any atom is 0.306 e. The molecule has 0 aliphatic carbocycles. The standard InChI is InChI=1S/C72H125NO10/c1-4-7-10-13-16-19-22-25-27-28-29-30-31-32-33-34-35-36-37-39-41-44-47-50-53-56-59-65(76)71(80)73-63(64(75)58-55-52-49-46-43-40-24-21-18-15-12-9-6-3)62-81-72-70(69(79)68(78)66(61-74)82-72)83-67(77)60-57-54-51-48-45-42-38-26-23-20-17-14-11-8-5-2/h8,11,14,16-17,19-20,23,25,27,29-30,32-33,55,58,63-66,68-70,72,74-76,78-79H,4-7,9-10,12-13,15,18,21-22,24,26,28,31,34-54,56-57,59-62H2,1-3H3,(H,73,80)/b11-8+,17-14+,19-16-,23-20+,27-25-,30-29-,33-32-,58-55+. The van der Waals surface area contributed by atoms with E-state index in [0.717, 1.165) is 116 Å². The molecule has 11 nitrogen and oxygen atoms in total. The van der Waals surface area contributed by atoms with Crippen LogP contribution in [0.15, 0.2) is 97.2 Å². The zero-order valence-electron chi connectivity index (χ0n) is 53.0. The molecule has 478 valence electrons. The van der Waals surface area contributed by atoms with E-state index in [4.69, 9.17) is 14.2 Å². The quantitative estimate of drug-likeness (QED) is 0.0149. The van der Waals surface area contributed by atoms with E-state index in [-0.39, 0.29) is 19.4 Å². The molecule has 1 rings (SSSR count). The van der Waals surface area contributed by atoms with E-state index < -0.39 is 67.4 Å². The molecule has 6 N–H and O–H groups in total. The zero-order valence-corrected chi connectivity index (χ0v) is 53.0. The van der Waals surface area contributed by atoms with Crippen LogP contribution >= 0.6 is 0 Å². The average Bonchev–Trinajstić information content (AvgIpc) is 3.54. The third-order valence-corrected chi connectivity index (χ3v) is 15.5. The van der Waals surface area contributed by atoms with Crippen LogP contribution in [0.5, 0.6) is 0 Å². The van der Waals surface area contributed by atoms with Crippen molar-refractivity contribution < 1.29 is 49.3 Å². The van der Waals surface area contributed by atoms with Crippen LogP contribution in [0.2, 0.25) is 0 Å². The molecule has 1 amide bonds. The third kappa shape index (κ3) is 46.5. The van der Waals surface area contributed by atoms with Crippen LogP contribution in [-0.2, 0) is 23.8 Å². The molecule has 0 aromatic rings. The Labute approximate surface area is 507 Å². The molecule has 1 fully saturated rings. The molecule has 0 bridgehead atoms. The molecular weight excluding hydrogens is 1040 g/mol. The zero-order chi connectivity index (χ0) is 60.3. The molecule has 1 aliphatic rings. The van der Waals surface area contributed by atoms with Gasteiger partial charge in [0.15, 0.2) is 12.4 Å². The summed E-state index contributed by atoms with van der Waals surface area (Å²) in [5, 5.41) is 57.2. The number of rotatable bonds is 57. The normalized spacial score (nSPS) is 19.2. The van der Waals surface area contributed by atoms with Gasteiger partial charge in [-0.25, -0.2) is 0 Å². The Morgan fingerprint density at radius 2 is 0.916 bits per heavy atom. The van der Waals surface area contributed by atoms with Gasteiger partial charge in [0.2, 0.25) is 5.91 Å². The number of aliphatic hydroxyl groups excluding tert-OH is 5. The van der Waals surface area contributed by atoms with Crippen LogP contribution < -0.4 is 5.32 Å². The fourth-order valence-electron chi connectivity index (χ4n) is 10.2. The van der Waals surface area contributed by atoms with Crippen molar-refractivity contribution >= 4 is 11.9 Å². The van der Waals surface area contributed by atoms with Crippen LogP contribution in [0.4, 0.5) is 0 Å². The minimum Gasteiger partial charge on any atom is -0.454 e. The number of ether oxygens (including phenoxy) is 3. The molecule has 1 heterocycles. The van der Waals surface area contributed by atoms with E-state index in [2.05, 4.69) is 105 Å². The van der Waals surface area contributed by atoms with Crippen molar-refractivity contribution in [2.75, 3.05) is 13.2 Å². The molecule has 0 radical (unpaired) electrons. The van der Waals surface area contributed by atoms with Crippen LogP contribution in [0.3, 0.4) is 0 Å². The Morgan fingerprint density at radius 1 is 0.494 bits per heavy atom. The maximum absolute atomic E-state index is 13.5. The molecule has 0 spiro atoms. The number of carbonyl (C=O) groups excluding carboxylic acids is 2. The van der Waals surface area contributed by atoms with E-state index in [1.165, 1.54) is 122 Å². The van der Waals surface area contributed by atoms with Crippen LogP contribution in [0.25, 0.3) is 0 Å². The molecular formula is C72H125NO10. The van der Waals surface area contributed by atoms with Gasteiger partial charge in [-0.1, -0.05) is 285 Å². The van der Waals surface area contributed by atoms with E-state index in [9.17, 15) is 35.1 Å². The van der Waals surface area contributed by atoms with Crippen LogP contribution in [0, 0.1) is 0 Å². The van der Waals surface area contributed by atoms with Gasteiger partial charge in [0.05, 0.1) is 25.4 Å². The summed E-state index contributed by atoms with van der Waals surface area (Å²) in [4.78, 5) is 26.6. The fraction of sp³-hybridized carbons (Fsp3) is 0.750. The number of hydrogen-bond donors (Lipinski definition) is 6. The molecule has 0 aromatic carbocycles. The minimum atomic E-state index is -1.62. The lowest BCUT2D eigenvalue weighted by Crippen LogP contribution is -2.61. The summed E-state index contributed by atoms with van der Waals surface area (Å²) in [6.45, 7) is 5.64. The van der Waals surface area contributed by atoms with E-state index in [1.54, 1.807) is 6.08 Å². The second-order valence-electron chi connectivity index (χ2n) is 23.2. The number of allylic oxidation sites excluding steroid dienone is 15. The Hall–Kier alpha value is -3.42. The summed E-state index contributed by atoms with van der Waals surface area (Å²) in [6.07, 6.45) is 68.7. The Bertz CT molecular complexity index is 1720. The first-order valence-corrected chi connectivity index (χ1v) is 34.0. The van der Waals surface area contributed by atoms with Gasteiger partial charge in [-0.05, 0) is 89.9 Å². The highest BCUT2D eigenvalue weighted by atomic mass is 16.7. The number of esters is 1. The predicted octanol–water partition coefficient (Wildman–Crippen LogP) is 17.1. The van der Waals surface area contributed by atoms with E-state index in [1.807, 2.05) is 12.2 Å². The van der Waals surface area contributed by atoms with Gasteiger partial charge in [-0.3, -0.25) is 9.59 Å². The molecule has 83 heavy (non-hydrogen) atoms. The molecule has 11 heteroatoms. The second kappa shape index (κ2) is 58.9. The van der Waals surface area contributed by atoms with E-state index >= 15 is 0 Å². The molecule has 8 atom stereocenters. The number of aliphatic hydroxyl groups is 5. The first-order valence-electron chi connectivity index (χ1n) is 34.0. The fourth-order valence-corrected chi connectivity index (χ4v) is 10.2. The summed E-state index contributed by atoms with van der Waals surface area (Å²) >= 11 is 0. The first-order chi connectivity index (χ1) is 40.7. The van der Waals surface area contributed by atoms with Gasteiger partial charge in [-0.15, -0.1) is 0 Å². The van der Waals surface area contributed by atoms with Crippen LogP contribution in [0.1, 0.15) is 284 Å². The minimum absolute atomic E-state index is 0.106. The van der Waals surface area contributed by atoms with Crippen molar-refractivity contribution in [2.24, 2.45) is 0 Å². The van der Waals surface area contributed by atoms with Crippen molar-refractivity contribution in [1.82, 2.24) is 5.32 Å². The molecule has 8 unspecified atom stereocenters. The van der Waals surface area contributed by atoms with Crippen molar-refractivity contribution in [2.45, 2.75) is 333 Å². The van der Waals surface area contributed by atoms with Gasteiger partial charge in [0, 0.05) is 6.42 Å². The monoisotopic (exact) mass is 1160 g/mol. The number of hydrogen-bond acceptors (Lipinski definition) is 10. The first kappa shape index (κ1) is 77.6. The maximum atomic E-state index is 13.5. The summed E-state index contributed by atoms with van der Waals surface area (Å²) in [6, 6.07) is -1.03. The second-order valence-corrected chi connectivity index (χ2v) is 23.2. The lowest BCUT2D eigenvalue weighted by atomic mass is 9.99. The average molecular weight is 1160 g/mol. The Balaban J connectivity index is 2.61. The molecule has 0 saturated carbocycles. The number of unbranched alkanes of at least 4 members (excludes halogenated alkanes) is 31. The summed E-state index contributed by atoms with van der Waals surface area (Å²) in [7, 11) is 0. The third-order valence-electron chi connectivity index (χ3n) is 15.5. The lowest BCUT2D eigenvalue weighted by Gasteiger charge is -2.41. The number of carbonyl (C=O) groups is 2. The van der Waals surface area contributed by atoms with Gasteiger partial charge in [0.1, 0.15) is 24.4 Å². The highest BCUT2D eigenvalue weighted by molar-refractivity contribution is 5.80. The molecule has 1 saturated heterocycles. The van der Waals surface area contributed by atoms with Crippen molar-refractivity contribution in [3.05, 3.63) is 97.2 Å². The van der Waals surface area contributed by atoms with Gasteiger partial charge in [-0.2, -0.15) is 0 Å². The lowest BCUT2D eigenvalue weighted by molar-refractivity contribution is -0.305. The molecule has 1 aliphatic heterocycles. The smallest absolute Gasteiger partial charge is 0.306 e. The van der Waals surface area contributed by atoms with Gasteiger partial charge in [0.25, 0.3) is 0 Å². The van der Waals surface area contributed by atoms with E-state index in [0.29, 0.717) is 12.8 Å². The summed E-state index contributed by atoms with van der Waals surface area (Å²) in [5.74, 6) is -1.21.